The number of ether oxygens (including phenoxy) is 3. The van der Waals surface area contributed by atoms with Crippen molar-refractivity contribution in [1.29, 1.82) is 0 Å². The number of nitrogens with zero attached hydrogens (tertiary/aromatic N) is 2. The Hall–Kier alpha value is -2.75. The second-order valence-corrected chi connectivity index (χ2v) is 10.6. The molecular weight excluding hydrogens is 645 g/mol. The van der Waals surface area contributed by atoms with E-state index in [4.69, 9.17) is 4.74 Å². The Morgan fingerprint density at radius 3 is 1.78 bits per heavy atom. The van der Waals surface area contributed by atoms with Crippen molar-refractivity contribution >= 4 is 0 Å². The second-order valence-electron chi connectivity index (χ2n) is 10.6. The Kier molecular flexibility index (Phi) is 14.9. The summed E-state index contributed by atoms with van der Waals surface area (Å²) in [6.45, 7) is -0.935. The molecule has 0 N–H and O–H groups in total. The Morgan fingerprint density at radius 1 is 0.609 bits per heavy atom. The SMILES string of the molecule is CCCCCCCCc1cnc(-c2ccc(OCCCCCC(F)(F)OCCOC(F)(F)C(F)(F)C(F)(F)C(F)(F)F)cc2)nc1. The van der Waals surface area contributed by atoms with Crippen LogP contribution in [0.2, 0.25) is 0 Å². The number of alkyl halides is 11. The van der Waals surface area contributed by atoms with Crippen LogP contribution < -0.4 is 4.74 Å². The number of aryl methyl sites for hydroxylation is 1. The van der Waals surface area contributed by atoms with Crippen molar-refractivity contribution in [2.24, 2.45) is 0 Å². The van der Waals surface area contributed by atoms with Crippen molar-refractivity contribution in [2.45, 2.75) is 108 Å². The molecule has 0 bridgehead atoms. The predicted octanol–water partition coefficient (Wildman–Crippen LogP) is 10.0. The maximum atomic E-state index is 13.8. The summed E-state index contributed by atoms with van der Waals surface area (Å²) in [5, 5.41) is 0. The summed E-state index contributed by atoms with van der Waals surface area (Å²) < 4.78 is 155. The van der Waals surface area contributed by atoms with Gasteiger partial charge in [0.1, 0.15) is 5.75 Å². The van der Waals surface area contributed by atoms with Crippen LogP contribution in [0.3, 0.4) is 0 Å². The first-order valence-electron chi connectivity index (χ1n) is 14.8. The van der Waals surface area contributed by atoms with Gasteiger partial charge < -0.3 is 14.2 Å². The lowest BCUT2D eigenvalue weighted by Gasteiger charge is -2.33. The number of hydrogen-bond acceptors (Lipinski definition) is 5. The molecule has 2 aromatic rings. The zero-order chi connectivity index (χ0) is 34.5. The van der Waals surface area contributed by atoms with Gasteiger partial charge >= 0.3 is 30.2 Å². The van der Waals surface area contributed by atoms with E-state index in [1.165, 1.54) is 32.1 Å². The van der Waals surface area contributed by atoms with Gasteiger partial charge in [-0.3, -0.25) is 0 Å². The third-order valence-electron chi connectivity index (χ3n) is 6.81. The fraction of sp³-hybridized carbons (Fsp3) is 0.667. The normalized spacial score (nSPS) is 13.3. The van der Waals surface area contributed by atoms with Crippen molar-refractivity contribution in [2.75, 3.05) is 19.8 Å². The van der Waals surface area contributed by atoms with Gasteiger partial charge in [0.15, 0.2) is 5.82 Å². The summed E-state index contributed by atoms with van der Waals surface area (Å²) in [4.78, 5) is 8.85. The summed E-state index contributed by atoms with van der Waals surface area (Å²) in [5.41, 5.74) is 1.85. The summed E-state index contributed by atoms with van der Waals surface area (Å²) in [5.74, 6) is -13.1. The van der Waals surface area contributed by atoms with Crippen molar-refractivity contribution in [3.8, 4) is 17.1 Å². The number of hydrogen-bond donors (Lipinski definition) is 0. The molecule has 46 heavy (non-hydrogen) atoms. The predicted molar refractivity (Wildman–Crippen MR) is 146 cm³/mol. The number of aromatic nitrogens is 2. The lowest BCUT2D eigenvalue weighted by Crippen LogP contribution is -2.61. The number of halogens is 11. The van der Waals surface area contributed by atoms with Gasteiger partial charge in [0.2, 0.25) is 0 Å². The average Bonchev–Trinajstić information content (AvgIpc) is 2.99. The molecule has 0 fully saturated rings. The molecule has 0 radical (unpaired) electrons. The lowest BCUT2D eigenvalue weighted by atomic mass is 10.1. The molecule has 0 aliphatic carbocycles. The Labute approximate surface area is 259 Å². The zero-order valence-corrected chi connectivity index (χ0v) is 25.1. The van der Waals surface area contributed by atoms with Crippen LogP contribution in [-0.2, 0) is 15.9 Å². The molecule has 0 aliphatic heterocycles. The molecule has 0 unspecified atom stereocenters. The highest BCUT2D eigenvalue weighted by atomic mass is 19.4. The monoisotopic (exact) mass is 682 g/mol. The van der Waals surface area contributed by atoms with E-state index in [-0.39, 0.29) is 19.4 Å². The van der Waals surface area contributed by atoms with Gasteiger partial charge in [0.25, 0.3) is 0 Å². The molecule has 0 aliphatic rings. The highest BCUT2D eigenvalue weighted by Gasteiger charge is 2.82. The van der Waals surface area contributed by atoms with Crippen LogP contribution in [0.15, 0.2) is 36.7 Å². The first-order chi connectivity index (χ1) is 21.4. The smallest absolute Gasteiger partial charge is 0.460 e. The van der Waals surface area contributed by atoms with Gasteiger partial charge in [-0.05, 0) is 61.9 Å². The van der Waals surface area contributed by atoms with E-state index < -0.39 is 49.9 Å². The van der Waals surface area contributed by atoms with Crippen LogP contribution in [0.4, 0.5) is 48.3 Å². The van der Waals surface area contributed by atoms with Crippen LogP contribution in [-0.4, -0.2) is 60.0 Å². The number of unbranched alkanes of at least 4 members (excludes halogenated alkanes) is 7. The van der Waals surface area contributed by atoms with Crippen molar-refractivity contribution in [1.82, 2.24) is 9.97 Å². The van der Waals surface area contributed by atoms with Crippen LogP contribution in [0.1, 0.15) is 76.7 Å². The standard InChI is InChI=1S/C30H37F11N2O3/c1-2-3-4-5-6-8-11-22-20-42-25(43-21-22)23-12-14-24(15-13-23)44-17-10-7-9-16-26(31,32)45-18-19-46-30(40,41)28(35,36)27(33,34)29(37,38)39/h12-15,20-21H,2-11,16-19H2,1H3. The molecule has 262 valence electrons. The summed E-state index contributed by atoms with van der Waals surface area (Å²) >= 11 is 0. The van der Waals surface area contributed by atoms with Gasteiger partial charge in [-0.15, -0.1) is 0 Å². The van der Waals surface area contributed by atoms with Gasteiger partial charge in [-0.2, -0.15) is 48.3 Å². The number of benzene rings is 1. The molecule has 0 spiro atoms. The molecule has 1 aromatic heterocycles. The third-order valence-corrected chi connectivity index (χ3v) is 6.81. The van der Waals surface area contributed by atoms with E-state index in [9.17, 15) is 48.3 Å². The average molecular weight is 683 g/mol. The Balaban J connectivity index is 1.64. The molecule has 2 rings (SSSR count). The molecule has 0 amide bonds. The maximum Gasteiger partial charge on any atom is 0.460 e. The van der Waals surface area contributed by atoms with E-state index >= 15 is 0 Å². The minimum absolute atomic E-state index is 0.131. The Bertz CT molecular complexity index is 1150. The fourth-order valence-corrected chi connectivity index (χ4v) is 4.13. The first-order valence-corrected chi connectivity index (χ1v) is 14.8. The van der Waals surface area contributed by atoms with E-state index in [1.807, 2.05) is 12.4 Å². The largest absolute Gasteiger partial charge is 0.494 e. The molecule has 0 saturated carbocycles. The minimum atomic E-state index is -7.14. The van der Waals surface area contributed by atoms with Gasteiger partial charge in [0, 0.05) is 24.4 Å². The van der Waals surface area contributed by atoms with E-state index in [0.717, 1.165) is 24.0 Å². The zero-order valence-electron chi connectivity index (χ0n) is 25.1. The highest BCUT2D eigenvalue weighted by Crippen LogP contribution is 2.53. The summed E-state index contributed by atoms with van der Waals surface area (Å²) in [7, 11) is 0. The van der Waals surface area contributed by atoms with Crippen LogP contribution in [0.25, 0.3) is 11.4 Å². The molecule has 16 heteroatoms. The van der Waals surface area contributed by atoms with Gasteiger partial charge in [0.05, 0.1) is 19.8 Å². The fourth-order valence-electron chi connectivity index (χ4n) is 4.13. The molecule has 5 nitrogen and oxygen atoms in total. The molecule has 1 aromatic carbocycles. The summed E-state index contributed by atoms with van der Waals surface area (Å²) in [6.07, 6.45) is -5.98. The maximum absolute atomic E-state index is 13.8. The molecular formula is C30H37F11N2O3. The van der Waals surface area contributed by atoms with Crippen molar-refractivity contribution < 1.29 is 62.5 Å². The highest BCUT2D eigenvalue weighted by molar-refractivity contribution is 5.55. The van der Waals surface area contributed by atoms with Crippen LogP contribution in [0, 0.1) is 0 Å². The quantitative estimate of drug-likeness (QED) is 0.0914. The van der Waals surface area contributed by atoms with E-state index in [0.29, 0.717) is 18.0 Å². The number of rotatable bonds is 22. The van der Waals surface area contributed by atoms with Crippen molar-refractivity contribution in [3.63, 3.8) is 0 Å². The van der Waals surface area contributed by atoms with Crippen LogP contribution in [0.5, 0.6) is 5.75 Å². The van der Waals surface area contributed by atoms with Crippen LogP contribution >= 0.6 is 0 Å². The van der Waals surface area contributed by atoms with Gasteiger partial charge in [-0.25, -0.2) is 9.97 Å². The van der Waals surface area contributed by atoms with Crippen molar-refractivity contribution in [3.05, 3.63) is 42.2 Å². The topological polar surface area (TPSA) is 53.5 Å². The van der Waals surface area contributed by atoms with E-state index in [1.54, 1.807) is 24.3 Å². The molecule has 1 heterocycles. The summed E-state index contributed by atoms with van der Waals surface area (Å²) in [6, 6.07) is 6.96. The Morgan fingerprint density at radius 2 is 1.17 bits per heavy atom. The minimum Gasteiger partial charge on any atom is -0.494 e. The first kappa shape index (κ1) is 39.4. The third kappa shape index (κ3) is 11.8. The second kappa shape index (κ2) is 17.4. The van der Waals surface area contributed by atoms with Gasteiger partial charge in [-0.1, -0.05) is 39.0 Å². The lowest BCUT2D eigenvalue weighted by molar-refractivity contribution is -0.445. The van der Waals surface area contributed by atoms with E-state index in [2.05, 4.69) is 26.4 Å². The molecule has 0 atom stereocenters. The molecule has 0 saturated heterocycles.